The Morgan fingerprint density at radius 2 is 2.09 bits per heavy atom. The van der Waals surface area contributed by atoms with Crippen LogP contribution in [0.2, 0.25) is 0 Å². The molecule has 2 atom stereocenters. The molecule has 4 heteroatoms. The minimum atomic E-state index is -0.438. The molecule has 0 bridgehead atoms. The molecule has 2 unspecified atom stereocenters. The molecule has 3 rings (SSSR count). The monoisotopic (exact) mass is 310 g/mol. The van der Waals surface area contributed by atoms with Crippen LogP contribution in [0.5, 0.6) is 0 Å². The number of carbonyl (C=O) groups excluding carboxylic acids is 1. The third-order valence-corrected chi connectivity index (χ3v) is 4.71. The molecular formula is C19H22N2O2. The number of benzene rings is 1. The summed E-state index contributed by atoms with van der Waals surface area (Å²) in [6.45, 7) is 5.09. The van der Waals surface area contributed by atoms with Gasteiger partial charge in [0.25, 0.3) is 5.91 Å². The van der Waals surface area contributed by atoms with Gasteiger partial charge in [0.2, 0.25) is 0 Å². The summed E-state index contributed by atoms with van der Waals surface area (Å²) in [5.74, 6) is 0.242. The molecule has 0 saturated carbocycles. The van der Waals surface area contributed by atoms with Crippen molar-refractivity contribution in [1.82, 2.24) is 9.88 Å². The van der Waals surface area contributed by atoms with Crippen LogP contribution in [0.15, 0.2) is 42.6 Å². The van der Waals surface area contributed by atoms with E-state index in [1.54, 1.807) is 11.1 Å². The van der Waals surface area contributed by atoms with Crippen molar-refractivity contribution in [3.63, 3.8) is 0 Å². The predicted molar refractivity (Wildman–Crippen MR) is 90.1 cm³/mol. The topological polar surface area (TPSA) is 53.4 Å². The molecule has 0 radical (unpaired) electrons. The number of pyridine rings is 1. The van der Waals surface area contributed by atoms with Crippen LogP contribution in [0.3, 0.4) is 0 Å². The zero-order valence-corrected chi connectivity index (χ0v) is 13.6. The zero-order valence-electron chi connectivity index (χ0n) is 13.6. The molecule has 1 aliphatic rings. The average Bonchev–Trinajstić information content (AvgIpc) is 2.58. The van der Waals surface area contributed by atoms with Crippen molar-refractivity contribution in [2.24, 2.45) is 5.92 Å². The van der Waals surface area contributed by atoms with Crippen LogP contribution in [0, 0.1) is 12.8 Å². The summed E-state index contributed by atoms with van der Waals surface area (Å²) in [5.41, 5.74) is 3.47. The minimum Gasteiger partial charge on any atom is -0.391 e. The quantitative estimate of drug-likeness (QED) is 0.928. The van der Waals surface area contributed by atoms with Crippen LogP contribution in [0.25, 0.3) is 11.3 Å². The molecule has 1 fully saturated rings. The molecule has 120 valence electrons. The normalized spacial score (nSPS) is 21.3. The van der Waals surface area contributed by atoms with Gasteiger partial charge in [0.1, 0.15) is 0 Å². The molecule has 2 aromatic rings. The highest BCUT2D eigenvalue weighted by Crippen LogP contribution is 2.26. The Hall–Kier alpha value is -2.20. The van der Waals surface area contributed by atoms with Gasteiger partial charge in [-0.25, -0.2) is 0 Å². The van der Waals surface area contributed by atoms with E-state index in [1.807, 2.05) is 50.2 Å². The first-order valence-corrected chi connectivity index (χ1v) is 8.06. The highest BCUT2D eigenvalue weighted by Gasteiger charge is 2.28. The Morgan fingerprint density at radius 1 is 1.26 bits per heavy atom. The molecule has 1 N–H and O–H groups in total. The first-order chi connectivity index (χ1) is 11.1. The van der Waals surface area contributed by atoms with Gasteiger partial charge in [-0.2, -0.15) is 0 Å². The van der Waals surface area contributed by atoms with Crippen molar-refractivity contribution in [3.05, 3.63) is 53.7 Å². The number of aliphatic hydroxyl groups is 1. The van der Waals surface area contributed by atoms with Gasteiger partial charge in [0, 0.05) is 30.4 Å². The Kier molecular flexibility index (Phi) is 4.44. The Bertz CT molecular complexity index is 700. The summed E-state index contributed by atoms with van der Waals surface area (Å²) in [5, 5.41) is 10.0. The fourth-order valence-electron chi connectivity index (χ4n) is 3.07. The SMILES string of the molecule is Cc1c(C(=O)N2CCC(C)C(O)C2)cccc1-c1ccccn1. The highest BCUT2D eigenvalue weighted by molar-refractivity contribution is 5.97. The summed E-state index contributed by atoms with van der Waals surface area (Å²) < 4.78 is 0. The van der Waals surface area contributed by atoms with Crippen LogP contribution >= 0.6 is 0 Å². The van der Waals surface area contributed by atoms with E-state index in [-0.39, 0.29) is 11.8 Å². The maximum atomic E-state index is 12.9. The fraction of sp³-hybridized carbons (Fsp3) is 0.368. The van der Waals surface area contributed by atoms with E-state index in [1.165, 1.54) is 0 Å². The number of rotatable bonds is 2. The largest absolute Gasteiger partial charge is 0.391 e. The summed E-state index contributed by atoms with van der Waals surface area (Å²) in [6, 6.07) is 11.5. The second-order valence-corrected chi connectivity index (χ2v) is 6.28. The van der Waals surface area contributed by atoms with Crippen molar-refractivity contribution in [2.45, 2.75) is 26.4 Å². The van der Waals surface area contributed by atoms with E-state index < -0.39 is 6.10 Å². The Balaban J connectivity index is 1.90. The van der Waals surface area contributed by atoms with Gasteiger partial charge in [0.15, 0.2) is 0 Å². The van der Waals surface area contributed by atoms with E-state index in [9.17, 15) is 9.90 Å². The summed E-state index contributed by atoms with van der Waals surface area (Å²) in [4.78, 5) is 19.0. The van der Waals surface area contributed by atoms with Crippen LogP contribution in [0.4, 0.5) is 0 Å². The van der Waals surface area contributed by atoms with Gasteiger partial charge in [-0.1, -0.05) is 25.1 Å². The lowest BCUT2D eigenvalue weighted by Gasteiger charge is -2.34. The number of carbonyl (C=O) groups is 1. The van der Waals surface area contributed by atoms with Crippen LogP contribution in [-0.4, -0.2) is 40.1 Å². The number of aliphatic hydroxyl groups excluding tert-OH is 1. The number of hydrogen-bond donors (Lipinski definition) is 1. The van der Waals surface area contributed by atoms with Crippen LogP contribution in [-0.2, 0) is 0 Å². The molecular weight excluding hydrogens is 288 g/mol. The summed E-state index contributed by atoms with van der Waals surface area (Å²) in [7, 11) is 0. The number of hydrogen-bond acceptors (Lipinski definition) is 3. The van der Waals surface area contributed by atoms with Crippen molar-refractivity contribution in [2.75, 3.05) is 13.1 Å². The number of aromatic nitrogens is 1. The third kappa shape index (κ3) is 3.13. The lowest BCUT2D eigenvalue weighted by Crippen LogP contribution is -2.46. The second-order valence-electron chi connectivity index (χ2n) is 6.28. The minimum absolute atomic E-state index is 0.00812. The van der Waals surface area contributed by atoms with Crippen molar-refractivity contribution in [3.8, 4) is 11.3 Å². The van der Waals surface area contributed by atoms with Gasteiger partial charge in [0.05, 0.1) is 11.8 Å². The molecule has 4 nitrogen and oxygen atoms in total. The molecule has 0 spiro atoms. The molecule has 1 aromatic carbocycles. The van der Waals surface area contributed by atoms with E-state index >= 15 is 0 Å². The van der Waals surface area contributed by atoms with Gasteiger partial charge < -0.3 is 10.0 Å². The second kappa shape index (κ2) is 6.50. The molecule has 1 aromatic heterocycles. The summed E-state index contributed by atoms with van der Waals surface area (Å²) >= 11 is 0. The Morgan fingerprint density at radius 3 is 2.78 bits per heavy atom. The van der Waals surface area contributed by atoms with E-state index in [4.69, 9.17) is 0 Å². The Labute approximate surface area is 136 Å². The predicted octanol–water partition coefficient (Wildman–Crippen LogP) is 2.90. The van der Waals surface area contributed by atoms with Gasteiger partial charge in [-0.05, 0) is 43.0 Å². The number of amides is 1. The van der Waals surface area contributed by atoms with E-state index in [0.717, 1.165) is 23.2 Å². The highest BCUT2D eigenvalue weighted by atomic mass is 16.3. The van der Waals surface area contributed by atoms with Crippen molar-refractivity contribution in [1.29, 1.82) is 0 Å². The number of β-amino-alcohol motifs (C(OH)–C–C–N with tert-alkyl or cyclic N) is 1. The lowest BCUT2D eigenvalue weighted by atomic mass is 9.94. The summed E-state index contributed by atoms with van der Waals surface area (Å²) in [6.07, 6.45) is 2.16. The lowest BCUT2D eigenvalue weighted by molar-refractivity contribution is 0.0248. The first-order valence-electron chi connectivity index (χ1n) is 8.06. The van der Waals surface area contributed by atoms with Crippen molar-refractivity contribution >= 4 is 5.91 Å². The third-order valence-electron chi connectivity index (χ3n) is 4.71. The zero-order chi connectivity index (χ0) is 16.4. The standard InChI is InChI=1S/C19H22N2O2/c1-13-9-11-21(12-18(13)22)19(23)16-7-5-6-15(14(16)2)17-8-3-4-10-20-17/h3-8,10,13,18,22H,9,11-12H2,1-2H3. The number of piperidine rings is 1. The fourth-order valence-corrected chi connectivity index (χ4v) is 3.07. The van der Waals surface area contributed by atoms with Gasteiger partial charge in [-0.15, -0.1) is 0 Å². The molecule has 1 amide bonds. The van der Waals surface area contributed by atoms with Crippen molar-refractivity contribution < 1.29 is 9.90 Å². The maximum absolute atomic E-state index is 12.9. The van der Waals surface area contributed by atoms with Crippen LogP contribution < -0.4 is 0 Å². The number of likely N-dealkylation sites (tertiary alicyclic amines) is 1. The van der Waals surface area contributed by atoms with Crippen LogP contribution in [0.1, 0.15) is 29.3 Å². The average molecular weight is 310 g/mol. The smallest absolute Gasteiger partial charge is 0.254 e. The van der Waals surface area contributed by atoms with Gasteiger partial charge >= 0.3 is 0 Å². The molecule has 1 aliphatic heterocycles. The number of nitrogens with zero attached hydrogens (tertiary/aromatic N) is 2. The first kappa shape index (κ1) is 15.7. The maximum Gasteiger partial charge on any atom is 0.254 e. The van der Waals surface area contributed by atoms with E-state index in [0.29, 0.717) is 18.7 Å². The molecule has 1 saturated heterocycles. The molecule has 2 heterocycles. The van der Waals surface area contributed by atoms with Gasteiger partial charge in [-0.3, -0.25) is 9.78 Å². The van der Waals surface area contributed by atoms with E-state index in [2.05, 4.69) is 4.98 Å². The molecule has 0 aliphatic carbocycles. The molecule has 23 heavy (non-hydrogen) atoms.